The molecule has 0 unspecified atom stereocenters. The summed E-state index contributed by atoms with van der Waals surface area (Å²) in [6.07, 6.45) is 1.81. The molecule has 0 aromatic heterocycles. The van der Waals surface area contributed by atoms with Crippen LogP contribution in [0.1, 0.15) is 17.5 Å². The van der Waals surface area contributed by atoms with Crippen LogP contribution >= 0.6 is 0 Å². The van der Waals surface area contributed by atoms with Crippen molar-refractivity contribution in [3.8, 4) is 5.75 Å². The summed E-state index contributed by atoms with van der Waals surface area (Å²) < 4.78 is 28.4. The second-order valence-corrected chi connectivity index (χ2v) is 5.11. The first kappa shape index (κ1) is 16.9. The van der Waals surface area contributed by atoms with Crippen molar-refractivity contribution >= 4 is 5.91 Å². The molecule has 2 aromatic carbocycles. The van der Waals surface area contributed by atoms with E-state index in [0.717, 1.165) is 11.1 Å². The molecule has 5 heteroatoms. The van der Waals surface area contributed by atoms with Gasteiger partial charge in [0.1, 0.15) is 5.75 Å². The zero-order chi connectivity index (χ0) is 16.5. The number of benzene rings is 2. The second kappa shape index (κ2) is 8.88. The molecule has 1 N–H and O–H groups in total. The minimum atomic E-state index is -2.82. The van der Waals surface area contributed by atoms with Crippen molar-refractivity contribution in [1.82, 2.24) is 5.32 Å². The van der Waals surface area contributed by atoms with E-state index in [4.69, 9.17) is 0 Å². The quantitative estimate of drug-likeness (QED) is 0.807. The molecule has 2 aromatic rings. The zero-order valence-corrected chi connectivity index (χ0v) is 12.7. The molecule has 0 aliphatic carbocycles. The molecule has 2 rings (SSSR count). The topological polar surface area (TPSA) is 38.3 Å². The summed E-state index contributed by atoms with van der Waals surface area (Å²) in [6.45, 7) is -2.30. The molecule has 0 atom stereocenters. The van der Waals surface area contributed by atoms with Gasteiger partial charge in [-0.3, -0.25) is 4.79 Å². The van der Waals surface area contributed by atoms with E-state index in [1.54, 1.807) is 12.1 Å². The first-order chi connectivity index (χ1) is 11.1. The van der Waals surface area contributed by atoms with Crippen molar-refractivity contribution in [2.75, 3.05) is 6.54 Å². The Labute approximate surface area is 134 Å². The Bertz CT molecular complexity index is 600. The van der Waals surface area contributed by atoms with Crippen molar-refractivity contribution < 1.29 is 18.3 Å². The first-order valence-corrected chi connectivity index (χ1v) is 7.48. The minimum absolute atomic E-state index is 0.00602. The third-order valence-corrected chi connectivity index (χ3v) is 3.37. The van der Waals surface area contributed by atoms with E-state index in [1.165, 1.54) is 12.1 Å². The van der Waals surface area contributed by atoms with Crippen LogP contribution < -0.4 is 10.1 Å². The number of amides is 1. The Balaban J connectivity index is 1.67. The lowest BCUT2D eigenvalue weighted by Crippen LogP contribution is -2.25. The van der Waals surface area contributed by atoms with Crippen molar-refractivity contribution in [2.24, 2.45) is 0 Å². The molecular weight excluding hydrogens is 300 g/mol. The molecule has 122 valence electrons. The molecule has 0 spiro atoms. The van der Waals surface area contributed by atoms with Gasteiger partial charge in [0.25, 0.3) is 0 Å². The Morgan fingerprint density at radius 3 is 2.26 bits per heavy atom. The van der Waals surface area contributed by atoms with Gasteiger partial charge in [-0.25, -0.2) is 0 Å². The van der Waals surface area contributed by atoms with E-state index in [1.807, 2.05) is 30.3 Å². The summed E-state index contributed by atoms with van der Waals surface area (Å²) in [6, 6.07) is 16.3. The molecule has 0 aliphatic heterocycles. The fraction of sp³-hybridized carbons (Fsp3) is 0.278. The summed E-state index contributed by atoms with van der Waals surface area (Å²) in [5.41, 5.74) is 2.09. The average Bonchev–Trinajstić information content (AvgIpc) is 2.55. The molecule has 0 saturated heterocycles. The number of carbonyl (C=O) groups is 1. The lowest BCUT2D eigenvalue weighted by Gasteiger charge is -2.07. The molecule has 0 fully saturated rings. The standard InChI is InChI=1S/C18H19F2NO2/c19-18(20)23-16-9-6-15(7-10-16)12-13-21-17(22)11-8-14-4-2-1-3-5-14/h1-7,9-10,18H,8,11-13H2,(H,21,22). The number of ether oxygens (including phenoxy) is 1. The maximum Gasteiger partial charge on any atom is 0.387 e. The van der Waals surface area contributed by atoms with Crippen LogP contribution in [-0.4, -0.2) is 19.1 Å². The SMILES string of the molecule is O=C(CCc1ccccc1)NCCc1ccc(OC(F)F)cc1. The van der Waals surface area contributed by atoms with E-state index >= 15 is 0 Å². The van der Waals surface area contributed by atoms with Crippen molar-refractivity contribution in [3.05, 3.63) is 65.7 Å². The van der Waals surface area contributed by atoms with Crippen LogP contribution in [0.25, 0.3) is 0 Å². The van der Waals surface area contributed by atoms with Crippen LogP contribution in [0.15, 0.2) is 54.6 Å². The number of halogens is 2. The third-order valence-electron chi connectivity index (χ3n) is 3.37. The van der Waals surface area contributed by atoms with E-state index in [0.29, 0.717) is 25.8 Å². The van der Waals surface area contributed by atoms with Crippen LogP contribution in [0.5, 0.6) is 5.75 Å². The Hall–Kier alpha value is -2.43. The molecule has 0 heterocycles. The predicted octanol–water partition coefficient (Wildman–Crippen LogP) is 3.58. The molecule has 23 heavy (non-hydrogen) atoms. The first-order valence-electron chi connectivity index (χ1n) is 7.48. The molecule has 0 saturated carbocycles. The van der Waals surface area contributed by atoms with Gasteiger partial charge in [0.05, 0.1) is 0 Å². The molecule has 0 bridgehead atoms. The highest BCUT2D eigenvalue weighted by molar-refractivity contribution is 5.76. The van der Waals surface area contributed by atoms with E-state index < -0.39 is 6.61 Å². The monoisotopic (exact) mass is 319 g/mol. The molecular formula is C18H19F2NO2. The lowest BCUT2D eigenvalue weighted by molar-refractivity contribution is -0.121. The van der Waals surface area contributed by atoms with Crippen molar-refractivity contribution in [3.63, 3.8) is 0 Å². The predicted molar refractivity (Wildman–Crippen MR) is 84.6 cm³/mol. The van der Waals surface area contributed by atoms with E-state index in [2.05, 4.69) is 10.1 Å². The number of carbonyl (C=O) groups excluding carboxylic acids is 1. The number of hydrogen-bond acceptors (Lipinski definition) is 2. The van der Waals surface area contributed by atoms with E-state index in [9.17, 15) is 13.6 Å². The molecule has 3 nitrogen and oxygen atoms in total. The van der Waals surface area contributed by atoms with E-state index in [-0.39, 0.29) is 11.7 Å². The summed E-state index contributed by atoms with van der Waals surface area (Å²) in [4.78, 5) is 11.8. The highest BCUT2D eigenvalue weighted by atomic mass is 19.3. The molecule has 0 radical (unpaired) electrons. The maximum atomic E-state index is 12.0. The smallest absolute Gasteiger partial charge is 0.387 e. The average molecular weight is 319 g/mol. The number of nitrogens with one attached hydrogen (secondary N) is 1. The Morgan fingerprint density at radius 2 is 1.61 bits per heavy atom. The zero-order valence-electron chi connectivity index (χ0n) is 12.7. The summed E-state index contributed by atoms with van der Waals surface area (Å²) in [5, 5.41) is 2.86. The van der Waals surface area contributed by atoms with Gasteiger partial charge in [-0.2, -0.15) is 8.78 Å². The van der Waals surface area contributed by atoms with Gasteiger partial charge >= 0.3 is 6.61 Å². The van der Waals surface area contributed by atoms with Crippen molar-refractivity contribution in [1.29, 1.82) is 0 Å². The fourth-order valence-electron chi connectivity index (χ4n) is 2.17. The Kier molecular flexibility index (Phi) is 6.54. The normalized spacial score (nSPS) is 10.6. The molecule has 0 aliphatic rings. The van der Waals surface area contributed by atoms with Crippen LogP contribution in [0.2, 0.25) is 0 Å². The van der Waals surface area contributed by atoms with Crippen molar-refractivity contribution in [2.45, 2.75) is 25.9 Å². The Morgan fingerprint density at radius 1 is 0.957 bits per heavy atom. The van der Waals surface area contributed by atoms with Crippen LogP contribution in [-0.2, 0) is 17.6 Å². The number of alkyl halides is 2. The number of hydrogen-bond donors (Lipinski definition) is 1. The lowest BCUT2D eigenvalue weighted by atomic mass is 10.1. The highest BCUT2D eigenvalue weighted by Crippen LogP contribution is 2.15. The number of rotatable bonds is 8. The fourth-order valence-corrected chi connectivity index (χ4v) is 2.17. The summed E-state index contributed by atoms with van der Waals surface area (Å²) in [7, 11) is 0. The van der Waals surface area contributed by atoms with Crippen LogP contribution in [0.3, 0.4) is 0 Å². The van der Waals surface area contributed by atoms with Gasteiger partial charge in [0, 0.05) is 13.0 Å². The van der Waals surface area contributed by atoms with Gasteiger partial charge in [0.15, 0.2) is 0 Å². The minimum Gasteiger partial charge on any atom is -0.435 e. The van der Waals surface area contributed by atoms with Crippen LogP contribution in [0.4, 0.5) is 8.78 Å². The number of aryl methyl sites for hydroxylation is 1. The summed E-state index contributed by atoms with van der Waals surface area (Å²) in [5.74, 6) is 0.141. The van der Waals surface area contributed by atoms with Gasteiger partial charge in [-0.1, -0.05) is 42.5 Å². The van der Waals surface area contributed by atoms with Gasteiger partial charge < -0.3 is 10.1 Å². The maximum absolute atomic E-state index is 12.0. The molecule has 1 amide bonds. The van der Waals surface area contributed by atoms with Gasteiger partial charge in [-0.05, 0) is 36.1 Å². The van der Waals surface area contributed by atoms with Gasteiger partial charge in [0.2, 0.25) is 5.91 Å². The summed E-state index contributed by atoms with van der Waals surface area (Å²) >= 11 is 0. The second-order valence-electron chi connectivity index (χ2n) is 5.11. The van der Waals surface area contributed by atoms with Gasteiger partial charge in [-0.15, -0.1) is 0 Å². The highest BCUT2D eigenvalue weighted by Gasteiger charge is 2.04. The third kappa shape index (κ3) is 6.46. The largest absolute Gasteiger partial charge is 0.435 e. The van der Waals surface area contributed by atoms with Crippen LogP contribution in [0, 0.1) is 0 Å².